The van der Waals surface area contributed by atoms with E-state index < -0.39 is 23.4 Å². The molecule has 9 heteroatoms. The summed E-state index contributed by atoms with van der Waals surface area (Å²) < 4.78 is 11.7. The van der Waals surface area contributed by atoms with Crippen LogP contribution in [0.2, 0.25) is 0 Å². The number of anilines is 3. The summed E-state index contributed by atoms with van der Waals surface area (Å²) in [6.45, 7) is 0. The number of fused-ring (bicyclic) bond motifs is 1. The fourth-order valence-electron chi connectivity index (χ4n) is 5.45. The smallest absolute Gasteiger partial charge is 0.266 e. The molecule has 4 N–H and O–H groups in total. The molecule has 0 unspecified atom stereocenters. The van der Waals surface area contributed by atoms with Crippen molar-refractivity contribution in [3.05, 3.63) is 173 Å². The van der Waals surface area contributed by atoms with Crippen molar-refractivity contribution in [2.75, 3.05) is 16.4 Å². The molecule has 238 valence electrons. The van der Waals surface area contributed by atoms with Crippen molar-refractivity contribution in [2.45, 2.75) is 0 Å². The summed E-state index contributed by atoms with van der Waals surface area (Å²) in [6.07, 6.45) is 0. The molecule has 1 heterocycles. The number of carbonyl (C=O) groups is 4. The van der Waals surface area contributed by atoms with Crippen LogP contribution in [0, 0.1) is 0 Å². The van der Waals surface area contributed by atoms with Gasteiger partial charge in [0, 0.05) is 33.6 Å². The SMILES string of the molecule is Nc1ccc(Oc2ccc(C(=O)c3cc(C(=O)c4ccc(Oc5ccc(N)cc5)cc4)cc(N4C(=O)c5ccccc5C4=O)c3)cc2)cc1. The lowest BCUT2D eigenvalue weighted by molar-refractivity contribution is 0.0922. The highest BCUT2D eigenvalue weighted by Gasteiger charge is 2.37. The van der Waals surface area contributed by atoms with Crippen molar-refractivity contribution in [1.29, 1.82) is 0 Å². The maximum absolute atomic E-state index is 13.9. The van der Waals surface area contributed by atoms with Crippen molar-refractivity contribution >= 4 is 40.4 Å². The van der Waals surface area contributed by atoms with Gasteiger partial charge in [0.25, 0.3) is 11.8 Å². The van der Waals surface area contributed by atoms with Crippen molar-refractivity contribution < 1.29 is 28.7 Å². The minimum absolute atomic E-state index is 0.104. The zero-order chi connectivity index (χ0) is 34.1. The van der Waals surface area contributed by atoms with Crippen LogP contribution in [0.3, 0.4) is 0 Å². The van der Waals surface area contributed by atoms with Gasteiger partial charge in [-0.15, -0.1) is 0 Å². The van der Waals surface area contributed by atoms with Crippen LogP contribution in [0.1, 0.15) is 52.6 Å². The molecule has 0 saturated heterocycles. The van der Waals surface area contributed by atoms with Gasteiger partial charge in [0.15, 0.2) is 11.6 Å². The van der Waals surface area contributed by atoms with Gasteiger partial charge in [-0.25, -0.2) is 4.90 Å². The summed E-state index contributed by atoms with van der Waals surface area (Å²) >= 11 is 0. The first-order chi connectivity index (χ1) is 23.7. The van der Waals surface area contributed by atoms with Crippen molar-refractivity contribution in [3.8, 4) is 23.0 Å². The van der Waals surface area contributed by atoms with Crippen LogP contribution >= 0.6 is 0 Å². The van der Waals surface area contributed by atoms with Gasteiger partial charge >= 0.3 is 0 Å². The Balaban J connectivity index is 1.21. The number of imide groups is 1. The van der Waals surface area contributed by atoms with Crippen LogP contribution in [0.5, 0.6) is 23.0 Å². The predicted molar refractivity (Wildman–Crippen MR) is 186 cm³/mol. The molecule has 0 spiro atoms. The zero-order valence-corrected chi connectivity index (χ0v) is 25.8. The van der Waals surface area contributed by atoms with E-state index in [9.17, 15) is 19.2 Å². The number of ether oxygens (including phenoxy) is 2. The number of hydrogen-bond acceptors (Lipinski definition) is 8. The van der Waals surface area contributed by atoms with Gasteiger partial charge in [-0.1, -0.05) is 12.1 Å². The maximum atomic E-state index is 13.9. The molecule has 49 heavy (non-hydrogen) atoms. The fraction of sp³-hybridized carbons (Fsp3) is 0. The summed E-state index contributed by atoms with van der Waals surface area (Å²) in [6, 6.07) is 37.7. The molecule has 6 aromatic rings. The fourth-order valence-corrected chi connectivity index (χ4v) is 5.45. The zero-order valence-electron chi connectivity index (χ0n) is 25.8. The Morgan fingerprint density at radius 3 is 1.16 bits per heavy atom. The van der Waals surface area contributed by atoms with Crippen LogP contribution in [0.15, 0.2) is 140 Å². The molecule has 0 saturated carbocycles. The normalized spacial score (nSPS) is 12.0. The van der Waals surface area contributed by atoms with E-state index in [1.54, 1.807) is 121 Å². The van der Waals surface area contributed by atoms with Gasteiger partial charge in [0.05, 0.1) is 16.8 Å². The Morgan fingerprint density at radius 1 is 0.449 bits per heavy atom. The quantitative estimate of drug-likeness (QED) is 0.0926. The van der Waals surface area contributed by atoms with Gasteiger partial charge in [-0.05, 0) is 127 Å². The molecular weight excluding hydrogens is 618 g/mol. The number of nitrogens with two attached hydrogens (primary N) is 2. The minimum Gasteiger partial charge on any atom is -0.457 e. The third-order valence-electron chi connectivity index (χ3n) is 7.96. The third-order valence-corrected chi connectivity index (χ3v) is 7.96. The van der Waals surface area contributed by atoms with E-state index in [2.05, 4.69) is 0 Å². The lowest BCUT2D eigenvalue weighted by Gasteiger charge is -2.17. The van der Waals surface area contributed by atoms with E-state index in [1.807, 2.05) is 0 Å². The summed E-state index contributed by atoms with van der Waals surface area (Å²) in [4.78, 5) is 55.6. The highest BCUT2D eigenvalue weighted by atomic mass is 16.5. The average molecular weight is 646 g/mol. The number of ketones is 2. The summed E-state index contributed by atoms with van der Waals surface area (Å²) in [5, 5.41) is 0. The van der Waals surface area contributed by atoms with Crippen molar-refractivity contribution in [3.63, 3.8) is 0 Å². The van der Waals surface area contributed by atoms with Gasteiger partial charge in [0.1, 0.15) is 23.0 Å². The number of nitrogen functional groups attached to an aromatic ring is 2. The monoisotopic (exact) mass is 645 g/mol. The Kier molecular flexibility index (Phi) is 7.91. The Hall–Kier alpha value is -7.00. The number of carbonyl (C=O) groups excluding carboxylic acids is 4. The summed E-state index contributed by atoms with van der Waals surface area (Å²) in [5.41, 5.74) is 14.2. The Bertz CT molecular complexity index is 2090. The van der Waals surface area contributed by atoms with E-state index in [1.165, 1.54) is 18.2 Å². The molecule has 1 aliphatic heterocycles. The summed E-state index contributed by atoms with van der Waals surface area (Å²) in [7, 11) is 0. The van der Waals surface area contributed by atoms with Gasteiger partial charge in [-0.2, -0.15) is 0 Å². The number of nitrogens with zero attached hydrogens (tertiary/aromatic N) is 1. The van der Waals surface area contributed by atoms with Crippen LogP contribution in [-0.2, 0) is 0 Å². The Labute approximate surface area is 280 Å². The molecule has 0 atom stereocenters. The Morgan fingerprint density at radius 2 is 0.796 bits per heavy atom. The first-order valence-electron chi connectivity index (χ1n) is 15.2. The third kappa shape index (κ3) is 6.24. The van der Waals surface area contributed by atoms with E-state index in [0.717, 1.165) is 4.90 Å². The average Bonchev–Trinajstić information content (AvgIpc) is 3.39. The van der Waals surface area contributed by atoms with Gasteiger partial charge in [-0.3, -0.25) is 19.2 Å². The molecule has 0 radical (unpaired) electrons. The molecule has 9 nitrogen and oxygen atoms in total. The maximum Gasteiger partial charge on any atom is 0.266 e. The minimum atomic E-state index is -0.545. The lowest BCUT2D eigenvalue weighted by Crippen LogP contribution is -2.30. The number of amides is 2. The standard InChI is InChI=1S/C40H27N3O6/c41-28-9-17-33(18-10-28)48-31-13-5-24(6-14-31)37(44)26-21-27(23-30(22-26)43-39(46)35-3-1-2-4-36(35)40(43)47)38(45)25-7-15-32(16-8-25)49-34-19-11-29(42)12-20-34/h1-23H,41-42H2. The molecule has 7 rings (SSSR count). The molecule has 0 bridgehead atoms. The van der Waals surface area contributed by atoms with Crippen LogP contribution in [-0.4, -0.2) is 23.4 Å². The number of rotatable bonds is 9. The summed E-state index contributed by atoms with van der Waals surface area (Å²) in [5.74, 6) is 0.234. The topological polar surface area (TPSA) is 142 Å². The number of benzene rings is 6. The van der Waals surface area contributed by atoms with E-state index >= 15 is 0 Å². The largest absolute Gasteiger partial charge is 0.457 e. The van der Waals surface area contributed by atoms with Gasteiger partial charge in [0.2, 0.25) is 0 Å². The van der Waals surface area contributed by atoms with E-state index in [0.29, 0.717) is 45.5 Å². The lowest BCUT2D eigenvalue weighted by atomic mass is 9.96. The van der Waals surface area contributed by atoms with Crippen LogP contribution < -0.4 is 25.8 Å². The van der Waals surface area contributed by atoms with Gasteiger partial charge < -0.3 is 20.9 Å². The van der Waals surface area contributed by atoms with Crippen molar-refractivity contribution in [2.24, 2.45) is 0 Å². The molecule has 1 aliphatic rings. The number of hydrogen-bond donors (Lipinski definition) is 2. The second-order valence-electron chi connectivity index (χ2n) is 11.3. The predicted octanol–water partition coefficient (Wildman–Crippen LogP) is 7.70. The van der Waals surface area contributed by atoms with Crippen molar-refractivity contribution in [1.82, 2.24) is 0 Å². The molecule has 0 aliphatic carbocycles. The first kappa shape index (κ1) is 30.6. The molecule has 0 aromatic heterocycles. The molecule has 6 aromatic carbocycles. The van der Waals surface area contributed by atoms with E-state index in [4.69, 9.17) is 20.9 Å². The van der Waals surface area contributed by atoms with Crippen LogP contribution in [0.25, 0.3) is 0 Å². The highest BCUT2D eigenvalue weighted by Crippen LogP contribution is 2.32. The molecular formula is C40H27N3O6. The molecule has 2 amide bonds. The highest BCUT2D eigenvalue weighted by molar-refractivity contribution is 6.34. The van der Waals surface area contributed by atoms with Crippen LogP contribution in [0.4, 0.5) is 17.1 Å². The first-order valence-corrected chi connectivity index (χ1v) is 15.2. The van der Waals surface area contributed by atoms with E-state index in [-0.39, 0.29) is 27.9 Å². The second kappa shape index (κ2) is 12.7. The molecule has 0 fully saturated rings. The second-order valence-corrected chi connectivity index (χ2v) is 11.3.